The van der Waals surface area contributed by atoms with Crippen molar-refractivity contribution in [2.45, 2.75) is 20.3 Å². The molecule has 0 atom stereocenters. The van der Waals surface area contributed by atoms with E-state index in [2.05, 4.69) is 10.5 Å². The lowest BCUT2D eigenvalue weighted by Crippen LogP contribution is -2.15. The summed E-state index contributed by atoms with van der Waals surface area (Å²) in [6, 6.07) is 12.3. The van der Waals surface area contributed by atoms with E-state index in [4.69, 9.17) is 9.26 Å². The zero-order chi connectivity index (χ0) is 17.8. The molecule has 0 unspecified atom stereocenters. The Morgan fingerprint density at radius 1 is 1.20 bits per heavy atom. The van der Waals surface area contributed by atoms with Gasteiger partial charge in [0.2, 0.25) is 5.91 Å². The summed E-state index contributed by atoms with van der Waals surface area (Å²) < 4.78 is 10.2. The Bertz CT molecular complexity index is 930. The molecule has 0 fully saturated rings. The third-order valence-electron chi connectivity index (χ3n) is 3.69. The van der Waals surface area contributed by atoms with Crippen molar-refractivity contribution in [2.75, 3.05) is 11.9 Å². The van der Waals surface area contributed by atoms with E-state index in [1.807, 2.05) is 25.1 Å². The maximum atomic E-state index is 12.3. The zero-order valence-corrected chi connectivity index (χ0v) is 14.0. The lowest BCUT2D eigenvalue weighted by Gasteiger charge is -2.06. The molecule has 6 heteroatoms. The molecule has 0 aliphatic heterocycles. The van der Waals surface area contributed by atoms with Gasteiger partial charge in [-0.05, 0) is 44.2 Å². The number of ether oxygens (including phenoxy) is 1. The van der Waals surface area contributed by atoms with Gasteiger partial charge in [-0.25, -0.2) is 4.79 Å². The number of nitrogens with zero attached hydrogens (tertiary/aromatic N) is 1. The molecular weight excluding hydrogens is 320 g/mol. The number of nitrogens with one attached hydrogen (secondary N) is 1. The van der Waals surface area contributed by atoms with Gasteiger partial charge >= 0.3 is 5.97 Å². The molecule has 0 spiro atoms. The predicted molar refractivity (Wildman–Crippen MR) is 93.5 cm³/mol. The van der Waals surface area contributed by atoms with Crippen molar-refractivity contribution in [3.05, 3.63) is 59.3 Å². The molecule has 2 aromatic carbocycles. The second kappa shape index (κ2) is 7.17. The van der Waals surface area contributed by atoms with Crippen LogP contribution < -0.4 is 5.32 Å². The number of hydrogen-bond acceptors (Lipinski definition) is 5. The summed E-state index contributed by atoms with van der Waals surface area (Å²) in [5.41, 5.74) is 3.22. The number of carbonyl (C=O) groups excluding carboxylic acids is 2. The summed E-state index contributed by atoms with van der Waals surface area (Å²) in [5, 5.41) is 7.58. The number of esters is 1. The summed E-state index contributed by atoms with van der Waals surface area (Å²) >= 11 is 0. The van der Waals surface area contributed by atoms with E-state index in [9.17, 15) is 9.59 Å². The van der Waals surface area contributed by atoms with Gasteiger partial charge < -0.3 is 14.6 Å². The molecule has 1 amide bonds. The highest BCUT2D eigenvalue weighted by atomic mass is 16.5. The average Bonchev–Trinajstić information content (AvgIpc) is 2.97. The van der Waals surface area contributed by atoms with Crippen LogP contribution in [-0.4, -0.2) is 23.6 Å². The highest BCUT2D eigenvalue weighted by Gasteiger charge is 2.14. The number of benzene rings is 2. The normalized spacial score (nSPS) is 10.6. The topological polar surface area (TPSA) is 81.4 Å². The van der Waals surface area contributed by atoms with Crippen LogP contribution in [0.3, 0.4) is 0 Å². The van der Waals surface area contributed by atoms with Crippen LogP contribution in [0.15, 0.2) is 47.0 Å². The van der Waals surface area contributed by atoms with Gasteiger partial charge in [-0.15, -0.1) is 0 Å². The molecule has 3 rings (SSSR count). The van der Waals surface area contributed by atoms with Gasteiger partial charge in [0.1, 0.15) is 5.69 Å². The minimum Gasteiger partial charge on any atom is -0.462 e. The fourth-order valence-electron chi connectivity index (χ4n) is 2.53. The van der Waals surface area contributed by atoms with Crippen molar-refractivity contribution in [3.63, 3.8) is 0 Å². The Morgan fingerprint density at radius 3 is 2.84 bits per heavy atom. The number of aromatic nitrogens is 1. The first-order valence-corrected chi connectivity index (χ1v) is 7.98. The number of amides is 1. The first-order chi connectivity index (χ1) is 12.1. The van der Waals surface area contributed by atoms with Gasteiger partial charge in [0, 0.05) is 11.1 Å². The fraction of sp³-hybridized carbons (Fsp3) is 0.211. The molecule has 0 saturated heterocycles. The van der Waals surface area contributed by atoms with Crippen LogP contribution in [0.25, 0.3) is 11.0 Å². The minimum absolute atomic E-state index is 0.0834. The third kappa shape index (κ3) is 3.85. The SMILES string of the molecule is CCOC(=O)c1cccc(NC(=O)Cc2noc3ccc(C)cc23)c1. The maximum Gasteiger partial charge on any atom is 0.338 e. The third-order valence-corrected chi connectivity index (χ3v) is 3.69. The van der Waals surface area contributed by atoms with Gasteiger partial charge in [-0.2, -0.15) is 0 Å². The van der Waals surface area contributed by atoms with Gasteiger partial charge in [-0.1, -0.05) is 22.9 Å². The van der Waals surface area contributed by atoms with Crippen LogP contribution in [0.2, 0.25) is 0 Å². The highest BCUT2D eigenvalue weighted by Crippen LogP contribution is 2.21. The fourth-order valence-corrected chi connectivity index (χ4v) is 2.53. The van der Waals surface area contributed by atoms with E-state index in [1.165, 1.54) is 0 Å². The Morgan fingerprint density at radius 2 is 2.04 bits per heavy atom. The van der Waals surface area contributed by atoms with Crippen LogP contribution in [0.5, 0.6) is 0 Å². The number of rotatable bonds is 5. The Kier molecular flexibility index (Phi) is 4.79. The van der Waals surface area contributed by atoms with Gasteiger partial charge in [0.25, 0.3) is 0 Å². The highest BCUT2D eigenvalue weighted by molar-refractivity contribution is 5.96. The van der Waals surface area contributed by atoms with Crippen molar-refractivity contribution < 1.29 is 18.8 Å². The van der Waals surface area contributed by atoms with Gasteiger partial charge in [0.05, 0.1) is 18.6 Å². The first-order valence-electron chi connectivity index (χ1n) is 7.98. The molecule has 25 heavy (non-hydrogen) atoms. The Hall–Kier alpha value is -3.15. The summed E-state index contributed by atoms with van der Waals surface area (Å²) in [4.78, 5) is 24.1. The molecule has 0 saturated carbocycles. The van der Waals surface area contributed by atoms with E-state index < -0.39 is 5.97 Å². The van der Waals surface area contributed by atoms with Crippen LogP contribution in [0.1, 0.15) is 28.5 Å². The molecule has 128 valence electrons. The number of aryl methyl sites for hydroxylation is 1. The van der Waals surface area contributed by atoms with Gasteiger partial charge in [0.15, 0.2) is 5.58 Å². The van der Waals surface area contributed by atoms with E-state index in [0.29, 0.717) is 29.1 Å². The van der Waals surface area contributed by atoms with Crippen LogP contribution in [-0.2, 0) is 16.0 Å². The summed E-state index contributed by atoms with van der Waals surface area (Å²) in [6.07, 6.45) is 0.0834. The summed E-state index contributed by atoms with van der Waals surface area (Å²) in [5.74, 6) is -0.658. The molecule has 1 N–H and O–H groups in total. The summed E-state index contributed by atoms with van der Waals surface area (Å²) in [6.45, 7) is 4.01. The standard InChI is InChI=1S/C19H18N2O4/c1-3-24-19(23)13-5-4-6-14(10-13)20-18(22)11-16-15-9-12(2)7-8-17(15)25-21-16/h4-10H,3,11H2,1-2H3,(H,20,22). The van der Waals surface area contributed by atoms with Crippen molar-refractivity contribution in [2.24, 2.45) is 0 Å². The largest absolute Gasteiger partial charge is 0.462 e. The lowest BCUT2D eigenvalue weighted by atomic mass is 10.1. The van der Waals surface area contributed by atoms with E-state index in [-0.39, 0.29) is 12.3 Å². The first kappa shape index (κ1) is 16.7. The molecule has 6 nitrogen and oxygen atoms in total. The molecular formula is C19H18N2O4. The zero-order valence-electron chi connectivity index (χ0n) is 14.0. The van der Waals surface area contributed by atoms with Crippen molar-refractivity contribution >= 4 is 28.5 Å². The van der Waals surface area contributed by atoms with Crippen LogP contribution >= 0.6 is 0 Å². The number of anilines is 1. The van der Waals surface area contributed by atoms with Crippen LogP contribution in [0.4, 0.5) is 5.69 Å². The second-order valence-corrected chi connectivity index (χ2v) is 5.66. The second-order valence-electron chi connectivity index (χ2n) is 5.66. The molecule has 1 aromatic heterocycles. The Balaban J connectivity index is 1.73. The number of hydrogen-bond donors (Lipinski definition) is 1. The van der Waals surface area contributed by atoms with E-state index >= 15 is 0 Å². The molecule has 0 bridgehead atoms. The molecule has 0 aliphatic carbocycles. The van der Waals surface area contributed by atoms with Crippen molar-refractivity contribution in [3.8, 4) is 0 Å². The minimum atomic E-state index is -0.420. The molecule has 0 aliphatic rings. The molecule has 3 aromatic rings. The lowest BCUT2D eigenvalue weighted by molar-refractivity contribution is -0.115. The van der Waals surface area contributed by atoms with Crippen molar-refractivity contribution in [1.82, 2.24) is 5.16 Å². The van der Waals surface area contributed by atoms with Crippen LogP contribution in [0, 0.1) is 6.92 Å². The predicted octanol–water partition coefficient (Wildman–Crippen LogP) is 3.49. The molecule has 0 radical (unpaired) electrons. The number of fused-ring (bicyclic) bond motifs is 1. The smallest absolute Gasteiger partial charge is 0.338 e. The van der Waals surface area contributed by atoms with E-state index in [0.717, 1.165) is 10.9 Å². The average molecular weight is 338 g/mol. The van der Waals surface area contributed by atoms with Crippen molar-refractivity contribution in [1.29, 1.82) is 0 Å². The summed E-state index contributed by atoms with van der Waals surface area (Å²) in [7, 11) is 0. The number of carbonyl (C=O) groups is 2. The monoisotopic (exact) mass is 338 g/mol. The Labute approximate surface area is 144 Å². The maximum absolute atomic E-state index is 12.3. The van der Waals surface area contributed by atoms with E-state index in [1.54, 1.807) is 31.2 Å². The van der Waals surface area contributed by atoms with Gasteiger partial charge in [-0.3, -0.25) is 4.79 Å². The molecule has 1 heterocycles. The quantitative estimate of drug-likeness (QED) is 0.720.